The maximum absolute atomic E-state index is 6.23. The Morgan fingerprint density at radius 2 is 1.90 bits per heavy atom. The zero-order valence-electron chi connectivity index (χ0n) is 11.7. The van der Waals surface area contributed by atoms with Crippen molar-refractivity contribution in [3.63, 3.8) is 0 Å². The molecule has 0 radical (unpaired) electrons. The highest BCUT2D eigenvalue weighted by Gasteiger charge is 2.19. The Labute approximate surface area is 144 Å². The second-order valence-corrected chi connectivity index (χ2v) is 6.62. The first-order valence-electron chi connectivity index (χ1n) is 6.61. The second-order valence-electron chi connectivity index (χ2n) is 4.92. The van der Waals surface area contributed by atoms with Gasteiger partial charge in [-0.05, 0) is 42.4 Å². The first-order chi connectivity index (χ1) is 10.0. The quantitative estimate of drug-likeness (QED) is 0.791. The van der Waals surface area contributed by atoms with Crippen molar-refractivity contribution >= 4 is 39.1 Å². The van der Waals surface area contributed by atoms with Crippen LogP contribution in [0.5, 0.6) is 0 Å². The zero-order valence-corrected chi connectivity index (χ0v) is 14.8. The lowest BCUT2D eigenvalue weighted by atomic mass is 10.0. The molecule has 5 heteroatoms. The highest BCUT2D eigenvalue weighted by Crippen LogP contribution is 2.30. The van der Waals surface area contributed by atoms with Crippen LogP contribution < -0.4 is 5.73 Å². The zero-order chi connectivity index (χ0) is 15.4. The number of halogens is 3. The number of likely N-dealkylation sites (N-methyl/N-ethyl adjacent to an activating group) is 1. The minimum atomic E-state index is 0.0642. The summed E-state index contributed by atoms with van der Waals surface area (Å²) in [4.78, 5) is 2.18. The van der Waals surface area contributed by atoms with Crippen molar-refractivity contribution in [3.05, 3.63) is 68.1 Å². The summed E-state index contributed by atoms with van der Waals surface area (Å²) >= 11 is 15.9. The van der Waals surface area contributed by atoms with Gasteiger partial charge in [-0.2, -0.15) is 0 Å². The minimum absolute atomic E-state index is 0.0642. The number of nitrogens with two attached hydrogens (primary N) is 1. The summed E-state index contributed by atoms with van der Waals surface area (Å²) in [5.41, 5.74) is 8.14. The number of rotatable bonds is 5. The van der Waals surface area contributed by atoms with Crippen molar-refractivity contribution < 1.29 is 0 Å². The van der Waals surface area contributed by atoms with Crippen molar-refractivity contribution in [2.45, 2.75) is 12.6 Å². The average molecular weight is 388 g/mol. The van der Waals surface area contributed by atoms with Gasteiger partial charge in [0, 0.05) is 33.6 Å². The molecule has 0 amide bonds. The molecule has 0 saturated carbocycles. The number of benzene rings is 2. The first-order valence-corrected chi connectivity index (χ1v) is 8.16. The monoisotopic (exact) mass is 386 g/mol. The van der Waals surface area contributed by atoms with E-state index in [4.69, 9.17) is 28.9 Å². The average Bonchev–Trinajstić information content (AvgIpc) is 2.46. The van der Waals surface area contributed by atoms with Crippen LogP contribution in [0, 0.1) is 0 Å². The van der Waals surface area contributed by atoms with Gasteiger partial charge in [0.05, 0.1) is 0 Å². The van der Waals surface area contributed by atoms with E-state index >= 15 is 0 Å². The van der Waals surface area contributed by atoms with Crippen LogP contribution in [0.25, 0.3) is 0 Å². The van der Waals surface area contributed by atoms with E-state index in [1.54, 1.807) is 0 Å². The lowest BCUT2D eigenvalue weighted by Gasteiger charge is -2.28. The predicted octanol–water partition coefficient (Wildman–Crippen LogP) is 4.89. The highest BCUT2D eigenvalue weighted by atomic mass is 79.9. The van der Waals surface area contributed by atoms with E-state index in [9.17, 15) is 0 Å². The van der Waals surface area contributed by atoms with Crippen LogP contribution in [0.1, 0.15) is 17.2 Å². The molecule has 0 aromatic heterocycles. The number of hydrogen-bond acceptors (Lipinski definition) is 2. The molecule has 0 fully saturated rings. The molecular formula is C16H17BrCl2N2. The lowest BCUT2D eigenvalue weighted by Crippen LogP contribution is -2.30. The van der Waals surface area contributed by atoms with E-state index in [1.165, 1.54) is 0 Å². The van der Waals surface area contributed by atoms with Crippen molar-refractivity contribution in [3.8, 4) is 0 Å². The number of hydrogen-bond donors (Lipinski definition) is 1. The molecule has 0 bridgehead atoms. The van der Waals surface area contributed by atoms with Gasteiger partial charge in [0.25, 0.3) is 0 Å². The normalized spacial score (nSPS) is 12.7. The van der Waals surface area contributed by atoms with E-state index in [1.807, 2.05) is 49.5 Å². The van der Waals surface area contributed by atoms with Crippen LogP contribution in [0.4, 0.5) is 0 Å². The van der Waals surface area contributed by atoms with Crippen LogP contribution in [0.15, 0.2) is 46.9 Å². The fourth-order valence-electron chi connectivity index (χ4n) is 2.32. The third-order valence-corrected chi connectivity index (χ3v) is 4.78. The Morgan fingerprint density at radius 3 is 2.57 bits per heavy atom. The highest BCUT2D eigenvalue weighted by molar-refractivity contribution is 9.10. The van der Waals surface area contributed by atoms with E-state index < -0.39 is 0 Å². The Morgan fingerprint density at radius 1 is 1.19 bits per heavy atom. The summed E-state index contributed by atoms with van der Waals surface area (Å²) in [6, 6.07) is 13.7. The van der Waals surface area contributed by atoms with E-state index in [0.717, 1.165) is 27.2 Å². The predicted molar refractivity (Wildman–Crippen MR) is 93.9 cm³/mol. The number of nitrogens with zero attached hydrogens (tertiary/aromatic N) is 1. The van der Waals surface area contributed by atoms with Gasteiger partial charge < -0.3 is 5.73 Å². The molecule has 2 N–H and O–H groups in total. The van der Waals surface area contributed by atoms with Gasteiger partial charge in [-0.1, -0.05) is 57.3 Å². The van der Waals surface area contributed by atoms with Gasteiger partial charge >= 0.3 is 0 Å². The van der Waals surface area contributed by atoms with Crippen LogP contribution >= 0.6 is 39.1 Å². The minimum Gasteiger partial charge on any atom is -0.329 e. The molecule has 2 nitrogen and oxygen atoms in total. The maximum Gasteiger partial charge on any atom is 0.0482 e. The van der Waals surface area contributed by atoms with E-state index in [-0.39, 0.29) is 6.04 Å². The van der Waals surface area contributed by atoms with E-state index in [2.05, 4.69) is 20.8 Å². The topological polar surface area (TPSA) is 29.3 Å². The van der Waals surface area contributed by atoms with Crippen LogP contribution in [0.3, 0.4) is 0 Å². The SMILES string of the molecule is CN(Cc1ccccc1Cl)C(CN)c1cc(Cl)ccc1Br. The van der Waals surface area contributed by atoms with Gasteiger partial charge in [-0.15, -0.1) is 0 Å². The van der Waals surface area contributed by atoms with Gasteiger partial charge in [-0.25, -0.2) is 0 Å². The molecule has 0 aliphatic rings. The molecule has 1 atom stereocenters. The van der Waals surface area contributed by atoms with Crippen LogP contribution in [-0.4, -0.2) is 18.5 Å². The van der Waals surface area contributed by atoms with E-state index in [0.29, 0.717) is 11.6 Å². The third kappa shape index (κ3) is 4.21. The molecule has 0 saturated heterocycles. The summed E-state index contributed by atoms with van der Waals surface area (Å²) in [6.07, 6.45) is 0. The van der Waals surface area contributed by atoms with Crippen molar-refractivity contribution in [2.75, 3.05) is 13.6 Å². The van der Waals surface area contributed by atoms with Gasteiger partial charge in [-0.3, -0.25) is 4.90 Å². The molecule has 1 unspecified atom stereocenters. The Bertz CT molecular complexity index is 619. The van der Waals surface area contributed by atoms with Gasteiger partial charge in [0.15, 0.2) is 0 Å². The standard InChI is InChI=1S/C16H17BrCl2N2/c1-21(10-11-4-2-3-5-15(11)19)16(9-20)13-8-12(18)6-7-14(13)17/h2-8,16H,9-10,20H2,1H3. The Kier molecular flexibility index (Phi) is 6.08. The molecule has 21 heavy (non-hydrogen) atoms. The molecule has 0 aliphatic heterocycles. The van der Waals surface area contributed by atoms with Gasteiger partial charge in [0.2, 0.25) is 0 Å². The smallest absolute Gasteiger partial charge is 0.0482 e. The fraction of sp³-hybridized carbons (Fsp3) is 0.250. The van der Waals surface area contributed by atoms with Crippen molar-refractivity contribution in [2.24, 2.45) is 5.73 Å². The molecule has 0 aliphatic carbocycles. The van der Waals surface area contributed by atoms with Crippen LogP contribution in [-0.2, 0) is 6.54 Å². The van der Waals surface area contributed by atoms with Crippen molar-refractivity contribution in [1.29, 1.82) is 0 Å². The molecule has 2 aromatic rings. The summed E-state index contributed by atoms with van der Waals surface area (Å²) in [7, 11) is 2.04. The summed E-state index contributed by atoms with van der Waals surface area (Å²) < 4.78 is 1.01. The molecule has 0 spiro atoms. The van der Waals surface area contributed by atoms with Crippen LogP contribution in [0.2, 0.25) is 10.0 Å². The lowest BCUT2D eigenvalue weighted by molar-refractivity contribution is 0.241. The summed E-state index contributed by atoms with van der Waals surface area (Å²) in [6.45, 7) is 1.22. The first kappa shape index (κ1) is 16.8. The fourth-order valence-corrected chi connectivity index (χ4v) is 3.21. The van der Waals surface area contributed by atoms with Crippen molar-refractivity contribution in [1.82, 2.24) is 4.90 Å². The Balaban J connectivity index is 2.25. The molecular weight excluding hydrogens is 371 g/mol. The molecule has 2 rings (SSSR count). The largest absolute Gasteiger partial charge is 0.329 e. The molecule has 112 valence electrons. The third-order valence-electron chi connectivity index (χ3n) is 3.45. The maximum atomic E-state index is 6.23. The molecule has 0 heterocycles. The summed E-state index contributed by atoms with van der Waals surface area (Å²) in [5.74, 6) is 0. The Hall–Kier alpha value is -0.580. The van der Waals surface area contributed by atoms with Gasteiger partial charge in [0.1, 0.15) is 0 Å². The molecule has 2 aromatic carbocycles. The summed E-state index contributed by atoms with van der Waals surface area (Å²) in [5, 5.41) is 1.48. The second kappa shape index (κ2) is 7.61.